The molecule has 0 aliphatic heterocycles. The third kappa shape index (κ3) is 58.4. The maximum Gasteiger partial charge on any atom is 0.306 e. The van der Waals surface area contributed by atoms with E-state index >= 15 is 0 Å². The topological polar surface area (TPSA) is 78.9 Å². The van der Waals surface area contributed by atoms with Gasteiger partial charge < -0.3 is 14.2 Å². The van der Waals surface area contributed by atoms with Gasteiger partial charge in [0.15, 0.2) is 6.10 Å². The van der Waals surface area contributed by atoms with Crippen LogP contribution in [0.25, 0.3) is 0 Å². The minimum atomic E-state index is -0.771. The highest BCUT2D eigenvalue weighted by molar-refractivity contribution is 5.71. The molecule has 0 N–H and O–H groups in total. The molecule has 0 amide bonds. The number of carbonyl (C=O) groups excluding carboxylic acids is 3. The number of rotatable bonds is 58. The number of allylic oxidation sites excluding steroid dienone is 6. The summed E-state index contributed by atoms with van der Waals surface area (Å²) in [5, 5.41) is 0. The Hall–Kier alpha value is -2.37. The van der Waals surface area contributed by atoms with E-state index in [0.717, 1.165) is 64.2 Å². The van der Waals surface area contributed by atoms with Gasteiger partial charge in [-0.1, -0.05) is 282 Å². The van der Waals surface area contributed by atoms with Crippen LogP contribution in [0.15, 0.2) is 36.5 Å². The van der Waals surface area contributed by atoms with E-state index in [1.807, 2.05) is 0 Å². The first-order valence-corrected chi connectivity index (χ1v) is 31.5. The highest BCUT2D eigenvalue weighted by Gasteiger charge is 2.19. The molecule has 0 rings (SSSR count). The lowest BCUT2D eigenvalue weighted by Gasteiger charge is -2.18. The summed E-state index contributed by atoms with van der Waals surface area (Å²) >= 11 is 0. The van der Waals surface area contributed by atoms with Crippen molar-refractivity contribution in [2.45, 2.75) is 348 Å². The van der Waals surface area contributed by atoms with Gasteiger partial charge in [0.05, 0.1) is 0 Å². The first kappa shape index (κ1) is 68.6. The van der Waals surface area contributed by atoms with Crippen LogP contribution in [0.4, 0.5) is 0 Å². The summed E-state index contributed by atoms with van der Waals surface area (Å²) < 4.78 is 16.9. The van der Waals surface area contributed by atoms with Crippen molar-refractivity contribution in [2.75, 3.05) is 13.2 Å². The molecular weight excluding hydrogens is 877 g/mol. The molecule has 0 bridgehead atoms. The lowest BCUT2D eigenvalue weighted by molar-refractivity contribution is -0.167. The Bertz CT molecular complexity index is 1190. The smallest absolute Gasteiger partial charge is 0.306 e. The summed E-state index contributed by atoms with van der Waals surface area (Å²) in [5.41, 5.74) is 0. The average Bonchev–Trinajstić information content (AvgIpc) is 3.37. The maximum absolute atomic E-state index is 12.9. The number of hydrogen-bond donors (Lipinski definition) is 0. The maximum atomic E-state index is 12.9. The summed E-state index contributed by atoms with van der Waals surface area (Å²) in [5.74, 6) is -0.852. The normalized spacial score (nSPS) is 12.2. The molecule has 1 atom stereocenters. The Morgan fingerprint density at radius 1 is 0.282 bits per heavy atom. The quantitative estimate of drug-likeness (QED) is 0.0261. The summed E-state index contributed by atoms with van der Waals surface area (Å²) in [6, 6.07) is 0. The molecule has 416 valence electrons. The lowest BCUT2D eigenvalue weighted by atomic mass is 10.0. The van der Waals surface area contributed by atoms with Gasteiger partial charge in [-0.25, -0.2) is 0 Å². The Balaban J connectivity index is 4.28. The van der Waals surface area contributed by atoms with Gasteiger partial charge in [-0.05, 0) is 77.0 Å². The largest absolute Gasteiger partial charge is 0.462 e. The molecule has 0 aliphatic rings. The van der Waals surface area contributed by atoms with E-state index in [1.165, 1.54) is 238 Å². The third-order valence-electron chi connectivity index (χ3n) is 14.1. The van der Waals surface area contributed by atoms with Crippen LogP contribution in [0.2, 0.25) is 0 Å². The first-order valence-electron chi connectivity index (χ1n) is 31.5. The van der Waals surface area contributed by atoms with Crippen LogP contribution in [0.3, 0.4) is 0 Å². The highest BCUT2D eigenvalue weighted by atomic mass is 16.6. The van der Waals surface area contributed by atoms with Gasteiger partial charge in [0.1, 0.15) is 13.2 Å². The zero-order chi connectivity index (χ0) is 51.4. The molecule has 0 aromatic rings. The van der Waals surface area contributed by atoms with E-state index in [-0.39, 0.29) is 31.1 Å². The van der Waals surface area contributed by atoms with E-state index in [1.54, 1.807) is 0 Å². The van der Waals surface area contributed by atoms with Gasteiger partial charge >= 0.3 is 17.9 Å². The van der Waals surface area contributed by atoms with Crippen LogP contribution < -0.4 is 0 Å². The summed E-state index contributed by atoms with van der Waals surface area (Å²) in [4.78, 5) is 38.3. The van der Waals surface area contributed by atoms with Crippen molar-refractivity contribution in [3.8, 4) is 0 Å². The minimum absolute atomic E-state index is 0.0695. The molecule has 0 fully saturated rings. The summed E-state index contributed by atoms with van der Waals surface area (Å²) in [6.07, 6.45) is 72.8. The molecule has 0 unspecified atom stereocenters. The number of carbonyl (C=O) groups is 3. The number of ether oxygens (including phenoxy) is 3. The van der Waals surface area contributed by atoms with Crippen molar-refractivity contribution in [2.24, 2.45) is 0 Å². The molecule has 0 aromatic heterocycles. The van der Waals surface area contributed by atoms with Gasteiger partial charge in [0.25, 0.3) is 0 Å². The molecule has 0 saturated heterocycles. The Morgan fingerprint density at radius 2 is 0.507 bits per heavy atom. The zero-order valence-electron chi connectivity index (χ0n) is 47.8. The van der Waals surface area contributed by atoms with Crippen LogP contribution in [0.5, 0.6) is 0 Å². The van der Waals surface area contributed by atoms with Crippen molar-refractivity contribution < 1.29 is 28.6 Å². The molecule has 0 radical (unpaired) electrons. The molecule has 6 nitrogen and oxygen atoms in total. The van der Waals surface area contributed by atoms with Gasteiger partial charge in [0, 0.05) is 19.3 Å². The van der Waals surface area contributed by atoms with Crippen molar-refractivity contribution in [1.82, 2.24) is 0 Å². The van der Waals surface area contributed by atoms with Crippen LogP contribution in [0.1, 0.15) is 342 Å². The number of hydrogen-bond acceptors (Lipinski definition) is 6. The van der Waals surface area contributed by atoms with Crippen molar-refractivity contribution in [1.29, 1.82) is 0 Å². The Morgan fingerprint density at radius 3 is 0.817 bits per heavy atom. The van der Waals surface area contributed by atoms with E-state index in [9.17, 15) is 14.4 Å². The molecule has 0 heterocycles. The molecule has 0 saturated carbocycles. The average molecular weight is 998 g/mol. The van der Waals surface area contributed by atoms with Gasteiger partial charge in [-0.2, -0.15) is 0 Å². The Labute approximate surface area is 442 Å². The van der Waals surface area contributed by atoms with Crippen LogP contribution in [-0.2, 0) is 28.6 Å². The standard InChI is InChI=1S/C65H120O6/c1-4-7-10-13-16-19-22-25-27-29-31-32-34-36-38-41-43-46-49-52-55-58-64(67)70-61-62(71-65(68)59-56-53-50-47-44-39-24-21-18-15-12-9-6-3)60-69-63(66)57-54-51-48-45-42-40-37-35-33-30-28-26-23-20-17-14-11-8-5-2/h17,20,25-28,62H,4-16,18-19,21-24,29-61H2,1-3H3/b20-17-,27-25-,28-26-/t62-/m1/s1. The van der Waals surface area contributed by atoms with E-state index < -0.39 is 6.10 Å². The van der Waals surface area contributed by atoms with Crippen molar-refractivity contribution >= 4 is 17.9 Å². The van der Waals surface area contributed by atoms with E-state index in [4.69, 9.17) is 14.2 Å². The molecule has 0 aromatic carbocycles. The van der Waals surface area contributed by atoms with E-state index in [2.05, 4.69) is 57.2 Å². The zero-order valence-corrected chi connectivity index (χ0v) is 47.8. The molecular formula is C65H120O6. The SMILES string of the molecule is CCCCC/C=C\C/C=C\CCCCCCCCCCCC(=O)OC[C@H](COC(=O)CCCCCCCCCCCCC/C=C\CCCCCCCC)OC(=O)CCCCCCCCCCCCCCC. The lowest BCUT2D eigenvalue weighted by Crippen LogP contribution is -2.30. The van der Waals surface area contributed by atoms with Crippen LogP contribution in [-0.4, -0.2) is 37.2 Å². The highest BCUT2D eigenvalue weighted by Crippen LogP contribution is 2.17. The fraction of sp³-hybridized carbons (Fsp3) is 0.862. The fourth-order valence-corrected chi connectivity index (χ4v) is 9.35. The second-order valence-corrected chi connectivity index (χ2v) is 21.3. The van der Waals surface area contributed by atoms with Crippen LogP contribution in [0, 0.1) is 0 Å². The third-order valence-corrected chi connectivity index (χ3v) is 14.1. The van der Waals surface area contributed by atoms with Crippen LogP contribution >= 0.6 is 0 Å². The predicted octanol–water partition coefficient (Wildman–Crippen LogP) is 21.2. The molecule has 6 heteroatoms. The van der Waals surface area contributed by atoms with Gasteiger partial charge in [-0.3, -0.25) is 14.4 Å². The molecule has 0 spiro atoms. The predicted molar refractivity (Wildman–Crippen MR) is 307 cm³/mol. The Kier molecular flexibility index (Phi) is 58.2. The van der Waals surface area contributed by atoms with Gasteiger partial charge in [0.2, 0.25) is 0 Å². The van der Waals surface area contributed by atoms with Crippen molar-refractivity contribution in [3.05, 3.63) is 36.5 Å². The monoisotopic (exact) mass is 997 g/mol. The summed E-state index contributed by atoms with van der Waals surface area (Å²) in [7, 11) is 0. The first-order chi connectivity index (χ1) is 35.0. The fourth-order valence-electron chi connectivity index (χ4n) is 9.35. The van der Waals surface area contributed by atoms with Gasteiger partial charge in [-0.15, -0.1) is 0 Å². The number of esters is 3. The summed E-state index contributed by atoms with van der Waals surface area (Å²) in [6.45, 7) is 6.66. The minimum Gasteiger partial charge on any atom is -0.462 e. The van der Waals surface area contributed by atoms with Crippen molar-refractivity contribution in [3.63, 3.8) is 0 Å². The van der Waals surface area contributed by atoms with E-state index in [0.29, 0.717) is 19.3 Å². The second kappa shape index (κ2) is 60.2. The number of unbranched alkanes of at least 4 members (excludes halogenated alkanes) is 41. The molecule has 71 heavy (non-hydrogen) atoms. The molecule has 0 aliphatic carbocycles. The second-order valence-electron chi connectivity index (χ2n) is 21.3.